The number of imide groups is 2. The number of halogens is 1. The Morgan fingerprint density at radius 2 is 1.46 bits per heavy atom. The zero-order valence-corrected chi connectivity index (χ0v) is 32.8. The molecule has 2 N–H and O–H groups in total. The molecule has 0 bridgehead atoms. The molecule has 14 heteroatoms. The molecular formula is C43H47ClN8O5. The Morgan fingerprint density at radius 3 is 2.12 bits per heavy atom. The highest BCUT2D eigenvalue weighted by Gasteiger charge is 2.45. The van der Waals surface area contributed by atoms with E-state index in [4.69, 9.17) is 11.6 Å². The molecule has 13 nitrogen and oxygen atoms in total. The number of piperidine rings is 2. The van der Waals surface area contributed by atoms with Gasteiger partial charge in [-0.1, -0.05) is 11.6 Å². The number of carbonyl (C=O) groups excluding carboxylic acids is 5. The lowest BCUT2D eigenvalue weighted by Gasteiger charge is -2.44. The van der Waals surface area contributed by atoms with Gasteiger partial charge < -0.3 is 20.0 Å². The standard InChI is InChI=1S/C43H47ClN8O5/c1-48(33-9-4-28(26-45)37(44)25-33)30-10-5-29(6-11-30)46-40(54)27-2-7-31(8-3-27)50-20-22-51(23-21-50)32-16-18-49(19-17-32)34-12-13-35-36(24-34)43(57)52(42(35)56)38-14-15-39(53)47-41(38)55/h2-4,7-9,12-13,24-25,29-30,32,38H,5-6,10-11,14-23H2,1H3,(H,46,54)(H,47,53,55). The van der Waals surface area contributed by atoms with Crippen molar-refractivity contribution in [2.75, 3.05) is 61.0 Å². The second-order valence-electron chi connectivity index (χ2n) is 15.8. The van der Waals surface area contributed by atoms with Gasteiger partial charge in [0.25, 0.3) is 17.7 Å². The average molecular weight is 791 g/mol. The molecule has 57 heavy (non-hydrogen) atoms. The number of benzene rings is 3. The number of nitrogens with zero attached hydrogens (tertiary/aromatic N) is 6. The lowest BCUT2D eigenvalue weighted by atomic mass is 9.90. The Kier molecular flexibility index (Phi) is 10.9. The number of carbonyl (C=O) groups is 5. The summed E-state index contributed by atoms with van der Waals surface area (Å²) in [6.07, 6.45) is 5.91. The van der Waals surface area contributed by atoms with E-state index in [1.807, 2.05) is 30.3 Å². The van der Waals surface area contributed by atoms with Crippen LogP contribution in [0.15, 0.2) is 60.7 Å². The molecule has 5 aliphatic rings. The molecule has 3 aromatic carbocycles. The molecule has 4 fully saturated rings. The van der Waals surface area contributed by atoms with Crippen LogP contribution >= 0.6 is 11.6 Å². The van der Waals surface area contributed by atoms with Crippen LogP contribution in [-0.2, 0) is 9.59 Å². The first-order chi connectivity index (χ1) is 27.6. The van der Waals surface area contributed by atoms with Crippen LogP contribution in [0.3, 0.4) is 0 Å². The molecule has 5 amide bonds. The largest absolute Gasteiger partial charge is 0.372 e. The summed E-state index contributed by atoms with van der Waals surface area (Å²) in [7, 11) is 2.06. The Morgan fingerprint density at radius 1 is 0.789 bits per heavy atom. The molecule has 3 aromatic rings. The second kappa shape index (κ2) is 16.2. The predicted octanol–water partition coefficient (Wildman–Crippen LogP) is 4.58. The number of amides is 5. The first kappa shape index (κ1) is 38.4. The van der Waals surface area contributed by atoms with E-state index < -0.39 is 29.7 Å². The number of nitrogens with one attached hydrogen (secondary N) is 2. The molecular weight excluding hydrogens is 744 g/mol. The molecule has 3 saturated heterocycles. The summed E-state index contributed by atoms with van der Waals surface area (Å²) in [6.45, 7) is 5.38. The zero-order valence-electron chi connectivity index (χ0n) is 32.1. The van der Waals surface area contributed by atoms with Gasteiger partial charge in [-0.3, -0.25) is 39.1 Å². The molecule has 4 heterocycles. The van der Waals surface area contributed by atoms with Crippen molar-refractivity contribution in [2.45, 2.75) is 75.5 Å². The number of fused-ring (bicyclic) bond motifs is 1. The molecule has 0 aromatic heterocycles. The van der Waals surface area contributed by atoms with Gasteiger partial charge in [-0.05, 0) is 106 Å². The van der Waals surface area contributed by atoms with Gasteiger partial charge in [-0.2, -0.15) is 5.26 Å². The van der Waals surface area contributed by atoms with Crippen molar-refractivity contribution in [1.29, 1.82) is 5.26 Å². The van der Waals surface area contributed by atoms with E-state index in [-0.39, 0.29) is 24.8 Å². The van der Waals surface area contributed by atoms with Gasteiger partial charge in [0.1, 0.15) is 12.1 Å². The van der Waals surface area contributed by atoms with Crippen molar-refractivity contribution in [3.05, 3.63) is 87.9 Å². The van der Waals surface area contributed by atoms with Gasteiger partial charge in [-0.25, -0.2) is 0 Å². The smallest absolute Gasteiger partial charge is 0.262 e. The van der Waals surface area contributed by atoms with Crippen molar-refractivity contribution < 1.29 is 24.0 Å². The molecule has 1 atom stereocenters. The fraction of sp³-hybridized carbons (Fsp3) is 0.442. The Bertz CT molecular complexity index is 2110. The number of hydrogen-bond donors (Lipinski definition) is 2. The Hall–Kier alpha value is -5.45. The van der Waals surface area contributed by atoms with Gasteiger partial charge in [0.05, 0.1) is 21.7 Å². The van der Waals surface area contributed by atoms with Crippen LogP contribution in [0, 0.1) is 11.3 Å². The topological polar surface area (TPSA) is 149 Å². The predicted molar refractivity (Wildman–Crippen MR) is 217 cm³/mol. The van der Waals surface area contributed by atoms with Crippen molar-refractivity contribution in [3.8, 4) is 6.07 Å². The molecule has 4 aliphatic heterocycles. The highest BCUT2D eigenvalue weighted by atomic mass is 35.5. The maximum absolute atomic E-state index is 13.3. The maximum Gasteiger partial charge on any atom is 0.262 e. The van der Waals surface area contributed by atoms with Crippen LogP contribution in [-0.4, -0.2) is 110 Å². The minimum absolute atomic E-state index is 0.0393. The lowest BCUT2D eigenvalue weighted by Crippen LogP contribution is -2.54. The summed E-state index contributed by atoms with van der Waals surface area (Å²) in [4.78, 5) is 74.2. The molecule has 0 spiro atoms. The number of anilines is 3. The third kappa shape index (κ3) is 7.81. The summed E-state index contributed by atoms with van der Waals surface area (Å²) in [5.74, 6) is -2.01. The Balaban J connectivity index is 0.776. The van der Waals surface area contributed by atoms with Crippen molar-refractivity contribution >= 4 is 58.2 Å². The van der Waals surface area contributed by atoms with E-state index in [9.17, 15) is 29.2 Å². The van der Waals surface area contributed by atoms with Gasteiger partial charge >= 0.3 is 0 Å². The molecule has 296 valence electrons. The molecule has 0 radical (unpaired) electrons. The van der Waals surface area contributed by atoms with Crippen LogP contribution in [0.4, 0.5) is 17.1 Å². The quantitative estimate of drug-likeness (QED) is 0.311. The number of hydrogen-bond acceptors (Lipinski definition) is 10. The summed E-state index contributed by atoms with van der Waals surface area (Å²) in [6, 6.07) is 20.9. The highest BCUT2D eigenvalue weighted by molar-refractivity contribution is 6.32. The fourth-order valence-electron chi connectivity index (χ4n) is 9.21. The summed E-state index contributed by atoms with van der Waals surface area (Å²) >= 11 is 6.27. The third-order valence-corrected chi connectivity index (χ3v) is 13.0. The van der Waals surface area contributed by atoms with Crippen molar-refractivity contribution in [2.24, 2.45) is 0 Å². The molecule has 1 aliphatic carbocycles. The first-order valence-electron chi connectivity index (χ1n) is 20.0. The fourth-order valence-corrected chi connectivity index (χ4v) is 9.43. The third-order valence-electron chi connectivity index (χ3n) is 12.6. The maximum atomic E-state index is 13.3. The monoisotopic (exact) mass is 790 g/mol. The van der Waals surface area contributed by atoms with E-state index in [0.29, 0.717) is 39.4 Å². The lowest BCUT2D eigenvalue weighted by molar-refractivity contribution is -0.136. The van der Waals surface area contributed by atoms with Crippen LogP contribution in [0.25, 0.3) is 0 Å². The normalized spacial score (nSPS) is 23.2. The van der Waals surface area contributed by atoms with Crippen LogP contribution in [0.2, 0.25) is 5.02 Å². The second-order valence-corrected chi connectivity index (χ2v) is 16.2. The van der Waals surface area contributed by atoms with Gasteiger partial charge in [0.15, 0.2) is 0 Å². The summed E-state index contributed by atoms with van der Waals surface area (Å²) < 4.78 is 0. The number of nitriles is 1. The van der Waals surface area contributed by atoms with Crippen LogP contribution in [0.1, 0.15) is 88.0 Å². The average Bonchev–Trinajstić information content (AvgIpc) is 3.48. The minimum Gasteiger partial charge on any atom is -0.372 e. The van der Waals surface area contributed by atoms with E-state index in [1.165, 1.54) is 0 Å². The van der Waals surface area contributed by atoms with E-state index in [0.717, 1.165) is 99.8 Å². The summed E-state index contributed by atoms with van der Waals surface area (Å²) in [5.41, 5.74) is 4.75. The SMILES string of the molecule is CN(c1ccc(C#N)c(Cl)c1)C1CCC(NC(=O)c2ccc(N3CCN(C4CCN(c5ccc6c(c5)C(=O)N(C5CCC(=O)NC5=O)C6=O)CC4)CC3)cc2)CC1. The number of rotatable bonds is 8. The highest BCUT2D eigenvalue weighted by Crippen LogP contribution is 2.33. The van der Waals surface area contributed by atoms with E-state index >= 15 is 0 Å². The molecule has 8 rings (SSSR count). The van der Waals surface area contributed by atoms with Crippen molar-refractivity contribution in [1.82, 2.24) is 20.4 Å². The molecule has 1 saturated carbocycles. The minimum atomic E-state index is -0.972. The van der Waals surface area contributed by atoms with Gasteiger partial charge in [0.2, 0.25) is 11.8 Å². The number of piperazine rings is 1. The van der Waals surface area contributed by atoms with Crippen molar-refractivity contribution in [3.63, 3.8) is 0 Å². The summed E-state index contributed by atoms with van der Waals surface area (Å²) in [5, 5.41) is 15.1. The van der Waals surface area contributed by atoms with E-state index in [2.05, 4.69) is 55.5 Å². The van der Waals surface area contributed by atoms with Crippen LogP contribution in [0.5, 0.6) is 0 Å². The first-order valence-corrected chi connectivity index (χ1v) is 20.4. The zero-order chi connectivity index (χ0) is 39.8. The Labute approximate surface area is 337 Å². The van der Waals surface area contributed by atoms with E-state index in [1.54, 1.807) is 18.2 Å². The molecule has 1 unspecified atom stereocenters. The van der Waals surface area contributed by atoms with Crippen LogP contribution < -0.4 is 25.3 Å². The van der Waals surface area contributed by atoms with Gasteiger partial charge in [0, 0.05) is 93.5 Å². The van der Waals surface area contributed by atoms with Gasteiger partial charge in [-0.15, -0.1) is 0 Å².